The van der Waals surface area contributed by atoms with Crippen LogP contribution in [-0.4, -0.2) is 28.5 Å². The van der Waals surface area contributed by atoms with E-state index in [0.717, 1.165) is 0 Å². The Morgan fingerprint density at radius 3 is 2.65 bits per heavy atom. The van der Waals surface area contributed by atoms with Gasteiger partial charge in [0.05, 0.1) is 6.54 Å². The zero-order valence-corrected chi connectivity index (χ0v) is 11.3. The Hall–Kier alpha value is -2.25. The highest BCUT2D eigenvalue weighted by Gasteiger charge is 2.19. The normalized spacial score (nSPS) is 11.8. The fourth-order valence-corrected chi connectivity index (χ4v) is 2.18. The van der Waals surface area contributed by atoms with Crippen LogP contribution in [0.5, 0.6) is 0 Å². The van der Waals surface area contributed by atoms with Crippen molar-refractivity contribution in [3.05, 3.63) is 47.5 Å². The highest BCUT2D eigenvalue weighted by Crippen LogP contribution is 2.13. The van der Waals surface area contributed by atoms with Gasteiger partial charge in [-0.1, -0.05) is 30.3 Å². The molecule has 0 spiro atoms. The molecule has 0 saturated carbocycles. The maximum Gasteiger partial charge on any atom is 0.325 e. The Labute approximate surface area is 119 Å². The van der Waals surface area contributed by atoms with Crippen molar-refractivity contribution in [2.24, 2.45) is 0 Å². The number of rotatable bonds is 6. The van der Waals surface area contributed by atoms with E-state index in [1.807, 2.05) is 0 Å². The summed E-state index contributed by atoms with van der Waals surface area (Å²) < 4.78 is 0. The van der Waals surface area contributed by atoms with Crippen LogP contribution in [0.1, 0.15) is 11.6 Å². The first-order chi connectivity index (χ1) is 9.66. The molecule has 1 heterocycles. The minimum atomic E-state index is -1.03. The predicted molar refractivity (Wildman–Crippen MR) is 75.6 cm³/mol. The third kappa shape index (κ3) is 3.87. The molecule has 104 valence electrons. The van der Waals surface area contributed by atoms with Crippen molar-refractivity contribution < 1.29 is 14.7 Å². The molecular formula is C13H13N3O3S. The van der Waals surface area contributed by atoms with Crippen molar-refractivity contribution in [3.8, 4) is 0 Å². The van der Waals surface area contributed by atoms with Gasteiger partial charge >= 0.3 is 5.97 Å². The second kappa shape index (κ2) is 6.78. The quantitative estimate of drug-likeness (QED) is 0.750. The Kier molecular flexibility index (Phi) is 4.80. The molecule has 6 nitrogen and oxygen atoms in total. The molecule has 0 saturated heterocycles. The van der Waals surface area contributed by atoms with Crippen molar-refractivity contribution in [1.29, 1.82) is 0 Å². The number of benzene rings is 1. The number of carboxylic acid groups (broad SMARTS) is 1. The number of carbonyl (C=O) groups is 2. The first-order valence-corrected chi connectivity index (χ1v) is 6.75. The Balaban J connectivity index is 1.93. The van der Waals surface area contributed by atoms with Gasteiger partial charge in [0, 0.05) is 11.6 Å². The third-order valence-corrected chi connectivity index (χ3v) is 3.21. The number of amides is 1. The lowest BCUT2D eigenvalue weighted by Crippen LogP contribution is -2.35. The Morgan fingerprint density at radius 2 is 2.05 bits per heavy atom. The van der Waals surface area contributed by atoms with Crippen LogP contribution in [0.3, 0.4) is 0 Å². The molecule has 0 aliphatic carbocycles. The summed E-state index contributed by atoms with van der Waals surface area (Å²) in [6.45, 7) is -0.106. The number of carbonyl (C=O) groups excluding carboxylic acids is 1. The van der Waals surface area contributed by atoms with Crippen molar-refractivity contribution >= 4 is 28.3 Å². The maximum atomic E-state index is 11.7. The van der Waals surface area contributed by atoms with Crippen LogP contribution in [0.4, 0.5) is 5.13 Å². The number of nitrogens with one attached hydrogen (secondary N) is 2. The van der Waals surface area contributed by atoms with Gasteiger partial charge in [-0.25, -0.2) is 4.98 Å². The van der Waals surface area contributed by atoms with Gasteiger partial charge in [0.1, 0.15) is 6.04 Å². The molecule has 0 aliphatic rings. The number of aliphatic carboxylic acids is 1. The van der Waals surface area contributed by atoms with E-state index in [0.29, 0.717) is 10.7 Å². The highest BCUT2D eigenvalue weighted by molar-refractivity contribution is 7.13. The van der Waals surface area contributed by atoms with Gasteiger partial charge in [-0.3, -0.25) is 14.9 Å². The molecule has 0 aliphatic heterocycles. The lowest BCUT2D eigenvalue weighted by Gasteiger charge is -2.14. The van der Waals surface area contributed by atoms with Crippen molar-refractivity contribution in [3.63, 3.8) is 0 Å². The molecule has 1 atom stereocenters. The van der Waals surface area contributed by atoms with Crippen molar-refractivity contribution in [2.75, 3.05) is 11.9 Å². The fraction of sp³-hybridized carbons (Fsp3) is 0.154. The van der Waals surface area contributed by atoms with Crippen LogP contribution in [0, 0.1) is 0 Å². The highest BCUT2D eigenvalue weighted by atomic mass is 32.1. The van der Waals surface area contributed by atoms with Crippen LogP contribution in [0.25, 0.3) is 0 Å². The van der Waals surface area contributed by atoms with Gasteiger partial charge in [-0.15, -0.1) is 11.3 Å². The average Bonchev–Trinajstić information content (AvgIpc) is 2.92. The predicted octanol–water partition coefficient (Wildman–Crippen LogP) is 1.50. The van der Waals surface area contributed by atoms with Crippen molar-refractivity contribution in [1.82, 2.24) is 10.3 Å². The molecule has 20 heavy (non-hydrogen) atoms. The third-order valence-electron chi connectivity index (χ3n) is 2.53. The van der Waals surface area contributed by atoms with Gasteiger partial charge < -0.3 is 10.4 Å². The average molecular weight is 291 g/mol. The fourth-order valence-electron chi connectivity index (χ4n) is 1.64. The minimum absolute atomic E-state index is 0.106. The second-order valence-electron chi connectivity index (χ2n) is 3.95. The molecule has 1 aromatic carbocycles. The van der Waals surface area contributed by atoms with Crippen LogP contribution >= 0.6 is 11.3 Å². The molecule has 3 N–H and O–H groups in total. The van der Waals surface area contributed by atoms with E-state index in [2.05, 4.69) is 15.6 Å². The molecular weight excluding hydrogens is 278 g/mol. The smallest absolute Gasteiger partial charge is 0.325 e. The zero-order valence-electron chi connectivity index (χ0n) is 10.4. The standard InChI is InChI=1S/C13H13N3O3S/c17-10(16-13-14-6-7-20-13)8-15-11(12(18)19)9-4-2-1-3-5-9/h1-7,11,15H,8H2,(H,18,19)(H,14,16,17). The number of carboxylic acids is 1. The van der Waals surface area contributed by atoms with Crippen LogP contribution < -0.4 is 10.6 Å². The zero-order chi connectivity index (χ0) is 14.4. The van der Waals surface area contributed by atoms with Gasteiger partial charge in [-0.2, -0.15) is 0 Å². The summed E-state index contributed by atoms with van der Waals surface area (Å²) in [6, 6.07) is 7.79. The summed E-state index contributed by atoms with van der Waals surface area (Å²) in [4.78, 5) is 26.8. The van der Waals surface area contributed by atoms with Crippen LogP contribution in [0.2, 0.25) is 0 Å². The number of aromatic nitrogens is 1. The monoisotopic (exact) mass is 291 g/mol. The largest absolute Gasteiger partial charge is 0.480 e. The van der Waals surface area contributed by atoms with E-state index < -0.39 is 12.0 Å². The van der Waals surface area contributed by atoms with Gasteiger partial charge in [0.25, 0.3) is 0 Å². The summed E-state index contributed by atoms with van der Waals surface area (Å²) in [5.74, 6) is -1.36. The van der Waals surface area contributed by atoms with E-state index in [4.69, 9.17) is 0 Å². The van der Waals surface area contributed by atoms with Crippen LogP contribution in [0.15, 0.2) is 41.9 Å². The van der Waals surface area contributed by atoms with Gasteiger partial charge in [0.15, 0.2) is 5.13 Å². The minimum Gasteiger partial charge on any atom is -0.480 e. The van der Waals surface area contributed by atoms with E-state index in [-0.39, 0.29) is 12.5 Å². The summed E-state index contributed by atoms with van der Waals surface area (Å²) in [5.41, 5.74) is 0.599. The molecule has 1 amide bonds. The van der Waals surface area contributed by atoms with Gasteiger partial charge in [-0.05, 0) is 5.56 Å². The number of anilines is 1. The van der Waals surface area contributed by atoms with E-state index in [9.17, 15) is 14.7 Å². The lowest BCUT2D eigenvalue weighted by molar-refractivity contribution is -0.139. The number of hydrogen-bond donors (Lipinski definition) is 3. The first kappa shape index (κ1) is 14.2. The molecule has 7 heteroatoms. The molecule has 2 rings (SSSR count). The van der Waals surface area contributed by atoms with E-state index in [1.165, 1.54) is 11.3 Å². The molecule has 1 aromatic heterocycles. The Bertz CT molecular complexity index is 572. The molecule has 2 aromatic rings. The Morgan fingerprint density at radius 1 is 1.30 bits per heavy atom. The number of nitrogens with zero attached hydrogens (tertiary/aromatic N) is 1. The summed E-state index contributed by atoms with van der Waals surface area (Å²) in [6.07, 6.45) is 1.58. The number of thiazole rings is 1. The maximum absolute atomic E-state index is 11.7. The second-order valence-corrected chi connectivity index (χ2v) is 4.84. The summed E-state index contributed by atoms with van der Waals surface area (Å²) in [5, 5.41) is 16.7. The molecule has 1 unspecified atom stereocenters. The van der Waals surface area contributed by atoms with E-state index in [1.54, 1.807) is 41.9 Å². The molecule has 0 fully saturated rings. The summed E-state index contributed by atoms with van der Waals surface area (Å²) in [7, 11) is 0. The number of hydrogen-bond acceptors (Lipinski definition) is 5. The SMILES string of the molecule is O=C(CNC(C(=O)O)c1ccccc1)Nc1nccs1. The molecule has 0 bridgehead atoms. The summed E-state index contributed by atoms with van der Waals surface area (Å²) >= 11 is 1.30. The molecule has 0 radical (unpaired) electrons. The van der Waals surface area contributed by atoms with Gasteiger partial charge in [0.2, 0.25) is 5.91 Å². The van der Waals surface area contributed by atoms with E-state index >= 15 is 0 Å². The lowest BCUT2D eigenvalue weighted by atomic mass is 10.1. The first-order valence-electron chi connectivity index (χ1n) is 5.87. The van der Waals surface area contributed by atoms with Crippen LogP contribution in [-0.2, 0) is 9.59 Å². The topological polar surface area (TPSA) is 91.3 Å². The van der Waals surface area contributed by atoms with Crippen molar-refractivity contribution in [2.45, 2.75) is 6.04 Å².